The summed E-state index contributed by atoms with van der Waals surface area (Å²) in [6.45, 7) is 11.4. The SMILES string of the molecule is CO[C@@]1(c2ccc(Cl)c(Cc3ccc(OCC(F)F)cc3)c2)O[C@H](CO[Si](C)(C)C(C)(C)C)[C@@H](OCc2ccccc2)[C@H](OCc2ccccc2)[C@H]1OCc1ccccc1. The number of hydrogen-bond acceptors (Lipinski definition) is 7. The molecule has 0 radical (unpaired) electrons. The van der Waals surface area contributed by atoms with E-state index < -0.39 is 51.6 Å². The Morgan fingerprint density at radius 2 is 1.23 bits per heavy atom. The van der Waals surface area contributed by atoms with Crippen molar-refractivity contribution in [2.75, 3.05) is 20.3 Å². The molecule has 5 aromatic rings. The summed E-state index contributed by atoms with van der Waals surface area (Å²) in [7, 11) is -0.676. The van der Waals surface area contributed by atoms with Crippen molar-refractivity contribution < 1.29 is 41.6 Å². The van der Waals surface area contributed by atoms with E-state index in [4.69, 9.17) is 44.4 Å². The van der Waals surface area contributed by atoms with Gasteiger partial charge in [0, 0.05) is 17.7 Å². The third-order valence-electron chi connectivity index (χ3n) is 11.4. The van der Waals surface area contributed by atoms with Crippen LogP contribution in [0, 0.1) is 0 Å². The quantitative estimate of drug-likeness (QED) is 0.0766. The van der Waals surface area contributed by atoms with E-state index in [9.17, 15) is 8.78 Å². The zero-order valence-electron chi connectivity index (χ0n) is 35.3. The molecule has 5 aromatic carbocycles. The van der Waals surface area contributed by atoms with Crippen LogP contribution in [0.15, 0.2) is 133 Å². The van der Waals surface area contributed by atoms with Gasteiger partial charge >= 0.3 is 0 Å². The Bertz CT molecular complexity index is 2050. The molecule has 11 heteroatoms. The molecule has 0 bridgehead atoms. The van der Waals surface area contributed by atoms with E-state index in [-0.39, 0.29) is 24.9 Å². The summed E-state index contributed by atoms with van der Waals surface area (Å²) in [6, 6.07) is 42.8. The number of methoxy groups -OCH3 is 1. The fraction of sp³-hybridized carbons (Fsp3) is 0.388. The van der Waals surface area contributed by atoms with Crippen molar-refractivity contribution in [1.29, 1.82) is 0 Å². The van der Waals surface area contributed by atoms with Gasteiger partial charge in [0.1, 0.15) is 36.8 Å². The number of alkyl halides is 2. The number of halogens is 3. The lowest BCUT2D eigenvalue weighted by atomic mass is 9.86. The van der Waals surface area contributed by atoms with Gasteiger partial charge in [-0.25, -0.2) is 8.78 Å². The molecule has 0 amide bonds. The van der Waals surface area contributed by atoms with E-state index in [1.165, 1.54) is 0 Å². The van der Waals surface area contributed by atoms with E-state index in [2.05, 4.69) is 33.9 Å². The fourth-order valence-corrected chi connectivity index (χ4v) is 8.20. The molecule has 1 aliphatic rings. The van der Waals surface area contributed by atoms with Crippen molar-refractivity contribution in [2.24, 2.45) is 0 Å². The van der Waals surface area contributed by atoms with Crippen molar-refractivity contribution in [2.45, 2.75) is 102 Å². The van der Waals surface area contributed by atoms with Gasteiger partial charge in [-0.05, 0) is 76.6 Å². The minimum absolute atomic E-state index is 0.0662. The molecule has 0 spiro atoms. The fourth-order valence-electron chi connectivity index (χ4n) is 7.00. The molecule has 1 aliphatic heterocycles. The highest BCUT2D eigenvalue weighted by Crippen LogP contribution is 2.46. The molecule has 0 aromatic heterocycles. The Hall–Kier alpha value is -3.97. The van der Waals surface area contributed by atoms with Crippen LogP contribution in [0.25, 0.3) is 0 Å². The molecule has 6 rings (SSSR count). The minimum atomic E-state index is -2.56. The summed E-state index contributed by atoms with van der Waals surface area (Å²) < 4.78 is 72.7. The normalized spacial score (nSPS) is 21.0. The number of rotatable bonds is 19. The molecule has 320 valence electrons. The molecule has 1 saturated heterocycles. The maximum atomic E-state index is 12.8. The van der Waals surface area contributed by atoms with E-state index in [1.54, 1.807) is 19.2 Å². The first-order valence-corrected chi connectivity index (χ1v) is 23.7. The third-order valence-corrected chi connectivity index (χ3v) is 16.3. The van der Waals surface area contributed by atoms with Crippen LogP contribution in [-0.4, -0.2) is 59.5 Å². The van der Waals surface area contributed by atoms with Crippen LogP contribution in [0.2, 0.25) is 23.2 Å². The first-order valence-electron chi connectivity index (χ1n) is 20.4. The van der Waals surface area contributed by atoms with Gasteiger partial charge in [0.2, 0.25) is 5.79 Å². The van der Waals surface area contributed by atoms with Gasteiger partial charge in [-0.1, -0.05) is 142 Å². The van der Waals surface area contributed by atoms with Crippen molar-refractivity contribution in [3.05, 3.63) is 172 Å². The van der Waals surface area contributed by atoms with Crippen LogP contribution in [0.1, 0.15) is 54.2 Å². The smallest absolute Gasteiger partial charge is 0.272 e. The second-order valence-electron chi connectivity index (χ2n) is 16.7. The Labute approximate surface area is 360 Å². The lowest BCUT2D eigenvalue weighted by molar-refractivity contribution is -0.384. The average molecular weight is 860 g/mol. The van der Waals surface area contributed by atoms with Crippen LogP contribution in [0.4, 0.5) is 8.78 Å². The lowest BCUT2D eigenvalue weighted by Crippen LogP contribution is -2.66. The zero-order valence-corrected chi connectivity index (χ0v) is 37.1. The Kier molecular flexibility index (Phi) is 15.7. The Morgan fingerprint density at radius 3 is 1.75 bits per heavy atom. The third kappa shape index (κ3) is 11.7. The number of ether oxygens (including phenoxy) is 6. The van der Waals surface area contributed by atoms with Gasteiger partial charge in [0.05, 0.1) is 26.4 Å². The van der Waals surface area contributed by atoms with E-state index in [0.29, 0.717) is 29.4 Å². The summed E-state index contributed by atoms with van der Waals surface area (Å²) in [4.78, 5) is 0. The number of benzene rings is 5. The number of hydrogen-bond donors (Lipinski definition) is 0. The summed E-state index contributed by atoms with van der Waals surface area (Å²) in [5.41, 5.74) is 5.34. The van der Waals surface area contributed by atoms with E-state index >= 15 is 0 Å². The molecule has 0 aliphatic carbocycles. The monoisotopic (exact) mass is 858 g/mol. The Balaban J connectivity index is 1.45. The summed E-state index contributed by atoms with van der Waals surface area (Å²) >= 11 is 6.93. The zero-order chi connectivity index (χ0) is 42.8. The lowest BCUT2D eigenvalue weighted by Gasteiger charge is -2.52. The van der Waals surface area contributed by atoms with Gasteiger partial charge in [-0.2, -0.15) is 0 Å². The van der Waals surface area contributed by atoms with Crippen molar-refractivity contribution in [1.82, 2.24) is 0 Å². The molecule has 1 fully saturated rings. The molecule has 7 nitrogen and oxygen atoms in total. The van der Waals surface area contributed by atoms with Crippen LogP contribution < -0.4 is 4.74 Å². The van der Waals surface area contributed by atoms with Gasteiger partial charge in [-0.3, -0.25) is 0 Å². The van der Waals surface area contributed by atoms with Crippen molar-refractivity contribution in [3.8, 4) is 5.75 Å². The predicted molar refractivity (Wildman–Crippen MR) is 234 cm³/mol. The summed E-state index contributed by atoms with van der Waals surface area (Å²) in [5.74, 6) is -1.17. The van der Waals surface area contributed by atoms with Crippen molar-refractivity contribution >= 4 is 19.9 Å². The predicted octanol–water partition coefficient (Wildman–Crippen LogP) is 11.6. The van der Waals surface area contributed by atoms with Crippen LogP contribution in [0.3, 0.4) is 0 Å². The highest BCUT2D eigenvalue weighted by atomic mass is 35.5. The van der Waals surface area contributed by atoms with Gasteiger partial charge in [-0.15, -0.1) is 0 Å². The van der Waals surface area contributed by atoms with Crippen LogP contribution in [-0.2, 0) is 60.1 Å². The molecule has 0 saturated carbocycles. The Morgan fingerprint density at radius 1 is 0.700 bits per heavy atom. The first-order chi connectivity index (χ1) is 28.8. The maximum Gasteiger partial charge on any atom is 0.272 e. The van der Waals surface area contributed by atoms with Crippen LogP contribution in [0.5, 0.6) is 5.75 Å². The summed E-state index contributed by atoms with van der Waals surface area (Å²) in [6.07, 6.45) is -5.03. The van der Waals surface area contributed by atoms with Gasteiger partial charge in [0.15, 0.2) is 8.32 Å². The van der Waals surface area contributed by atoms with Gasteiger partial charge in [0.25, 0.3) is 6.43 Å². The van der Waals surface area contributed by atoms with Crippen molar-refractivity contribution in [3.63, 3.8) is 0 Å². The molecule has 0 N–H and O–H groups in total. The molecule has 0 unspecified atom stereocenters. The van der Waals surface area contributed by atoms with Crippen LogP contribution >= 0.6 is 11.6 Å². The first kappa shape index (κ1) is 45.6. The average Bonchev–Trinajstić information content (AvgIpc) is 3.24. The second-order valence-corrected chi connectivity index (χ2v) is 21.9. The largest absolute Gasteiger partial charge is 0.488 e. The highest BCUT2D eigenvalue weighted by molar-refractivity contribution is 6.74. The van der Waals surface area contributed by atoms with Gasteiger partial charge < -0.3 is 32.8 Å². The highest BCUT2D eigenvalue weighted by Gasteiger charge is 2.59. The van der Waals surface area contributed by atoms with E-state index in [1.807, 2.05) is 121 Å². The topological polar surface area (TPSA) is 64.6 Å². The van der Waals surface area contributed by atoms with E-state index in [0.717, 1.165) is 27.8 Å². The maximum absolute atomic E-state index is 12.8. The molecule has 60 heavy (non-hydrogen) atoms. The molecule has 5 atom stereocenters. The standard InChI is InChI=1S/C49H57ClF2O7Si/c1-48(2,3)60(5,6)58-33-43-45(55-30-36-16-10-7-11-17-36)46(56-31-37-18-12-8-13-19-37)47(57-32-38-20-14-9-15-21-38)49(53-4,59-43)40-24-27-42(50)39(29-40)28-35-22-25-41(26-23-35)54-34-44(51)52/h7-27,29,43-47H,28,30-34H2,1-6H3/t43-,45-,46+,47-,49+/m1/s1. The molecular weight excluding hydrogens is 802 g/mol. The second kappa shape index (κ2) is 20.7. The molecular formula is C49H57ClF2O7Si. The summed E-state index contributed by atoms with van der Waals surface area (Å²) in [5, 5.41) is 0.475. The molecule has 1 heterocycles. The minimum Gasteiger partial charge on any atom is -0.488 e.